The quantitative estimate of drug-likeness (QED) is 0.578. The van der Waals surface area contributed by atoms with Crippen LogP contribution < -0.4 is 15.5 Å². The zero-order chi connectivity index (χ0) is 22.9. The van der Waals surface area contributed by atoms with Gasteiger partial charge in [-0.2, -0.15) is 0 Å². The SMILES string of the molecule is O=C(NC1CCC1)c1cccc(N2CCC(O)(C(=O)NCc3cc(F)cc(Cl)c3)C2=O)c1. The minimum Gasteiger partial charge on any atom is -0.372 e. The molecule has 9 heteroatoms. The van der Waals surface area contributed by atoms with Crippen LogP contribution in [0.1, 0.15) is 41.6 Å². The summed E-state index contributed by atoms with van der Waals surface area (Å²) in [5.74, 6) is -2.41. The van der Waals surface area contributed by atoms with Gasteiger partial charge in [0, 0.05) is 41.8 Å². The van der Waals surface area contributed by atoms with E-state index in [0.29, 0.717) is 16.8 Å². The maximum Gasteiger partial charge on any atom is 0.268 e. The molecule has 2 fully saturated rings. The van der Waals surface area contributed by atoms with Gasteiger partial charge in [0.25, 0.3) is 17.7 Å². The summed E-state index contributed by atoms with van der Waals surface area (Å²) in [5, 5.41) is 16.4. The zero-order valence-electron chi connectivity index (χ0n) is 17.2. The normalized spacial score (nSPS) is 20.7. The lowest BCUT2D eigenvalue weighted by Gasteiger charge is -2.26. The van der Waals surface area contributed by atoms with Crippen LogP contribution in [0.25, 0.3) is 0 Å². The van der Waals surface area contributed by atoms with Crippen molar-refractivity contribution in [1.29, 1.82) is 0 Å². The summed E-state index contributed by atoms with van der Waals surface area (Å²) in [4.78, 5) is 39.3. The molecule has 1 saturated heterocycles. The third kappa shape index (κ3) is 4.47. The maximum absolute atomic E-state index is 13.5. The number of hydrogen-bond acceptors (Lipinski definition) is 4. The van der Waals surface area contributed by atoms with E-state index in [4.69, 9.17) is 11.6 Å². The summed E-state index contributed by atoms with van der Waals surface area (Å²) < 4.78 is 13.5. The lowest BCUT2D eigenvalue weighted by atomic mass is 9.93. The average molecular weight is 460 g/mol. The smallest absolute Gasteiger partial charge is 0.268 e. The fourth-order valence-electron chi connectivity index (χ4n) is 3.84. The summed E-state index contributed by atoms with van der Waals surface area (Å²) in [6, 6.07) is 10.5. The Bertz CT molecular complexity index is 1050. The van der Waals surface area contributed by atoms with Crippen molar-refractivity contribution >= 4 is 35.0 Å². The lowest BCUT2D eigenvalue weighted by Crippen LogP contribution is -2.52. The number of nitrogens with one attached hydrogen (secondary N) is 2. The second-order valence-electron chi connectivity index (χ2n) is 8.18. The van der Waals surface area contributed by atoms with Crippen LogP contribution in [0.2, 0.25) is 5.02 Å². The van der Waals surface area contributed by atoms with Crippen molar-refractivity contribution < 1.29 is 23.9 Å². The van der Waals surface area contributed by atoms with E-state index in [1.165, 1.54) is 17.0 Å². The fourth-order valence-corrected chi connectivity index (χ4v) is 4.08. The zero-order valence-corrected chi connectivity index (χ0v) is 18.0. The highest BCUT2D eigenvalue weighted by Crippen LogP contribution is 2.29. The largest absolute Gasteiger partial charge is 0.372 e. The van der Waals surface area contributed by atoms with Crippen LogP contribution in [0.5, 0.6) is 0 Å². The molecular formula is C23H23ClFN3O4. The molecule has 0 bridgehead atoms. The first-order valence-corrected chi connectivity index (χ1v) is 10.8. The van der Waals surface area contributed by atoms with E-state index in [1.807, 2.05) is 0 Å². The van der Waals surface area contributed by atoms with Crippen molar-refractivity contribution in [3.63, 3.8) is 0 Å². The van der Waals surface area contributed by atoms with Crippen LogP contribution in [0.15, 0.2) is 42.5 Å². The van der Waals surface area contributed by atoms with E-state index in [0.717, 1.165) is 25.3 Å². The molecular weight excluding hydrogens is 437 g/mol. The topological polar surface area (TPSA) is 98.7 Å². The second-order valence-corrected chi connectivity index (χ2v) is 8.62. The van der Waals surface area contributed by atoms with Crippen LogP contribution in [0.3, 0.4) is 0 Å². The molecule has 2 aromatic rings. The molecule has 4 rings (SSSR count). The molecule has 1 aliphatic heterocycles. The van der Waals surface area contributed by atoms with Crippen LogP contribution in [0, 0.1) is 5.82 Å². The highest BCUT2D eigenvalue weighted by Gasteiger charge is 2.51. The standard InChI is InChI=1S/C23H23ClFN3O4/c24-16-9-14(10-17(25)12-16)13-26-21(30)23(32)7-8-28(22(23)31)19-6-1-3-15(11-19)20(29)27-18-4-2-5-18/h1,3,6,9-12,18,32H,2,4-5,7-8,13H2,(H,26,30)(H,27,29). The minimum atomic E-state index is -2.25. The average Bonchev–Trinajstić information content (AvgIpc) is 3.04. The molecule has 3 N–H and O–H groups in total. The van der Waals surface area contributed by atoms with Gasteiger partial charge in [-0.05, 0) is 61.2 Å². The molecule has 0 radical (unpaired) electrons. The van der Waals surface area contributed by atoms with Gasteiger partial charge >= 0.3 is 0 Å². The molecule has 0 aromatic heterocycles. The van der Waals surface area contributed by atoms with Gasteiger partial charge in [-0.25, -0.2) is 4.39 Å². The molecule has 168 valence electrons. The number of aliphatic hydroxyl groups is 1. The molecule has 2 aliphatic rings. The monoisotopic (exact) mass is 459 g/mol. The highest BCUT2D eigenvalue weighted by atomic mass is 35.5. The fraction of sp³-hybridized carbons (Fsp3) is 0.348. The van der Waals surface area contributed by atoms with E-state index >= 15 is 0 Å². The van der Waals surface area contributed by atoms with Gasteiger partial charge < -0.3 is 20.6 Å². The van der Waals surface area contributed by atoms with Gasteiger partial charge in [-0.15, -0.1) is 0 Å². The molecule has 1 unspecified atom stereocenters. The molecule has 1 aliphatic carbocycles. The van der Waals surface area contributed by atoms with E-state index in [2.05, 4.69) is 10.6 Å². The van der Waals surface area contributed by atoms with Crippen molar-refractivity contribution in [2.75, 3.05) is 11.4 Å². The molecule has 7 nitrogen and oxygen atoms in total. The third-order valence-corrected chi connectivity index (χ3v) is 6.13. The molecule has 2 aromatic carbocycles. The summed E-state index contributed by atoms with van der Waals surface area (Å²) >= 11 is 5.81. The Kier molecular flexibility index (Phi) is 6.17. The first-order chi connectivity index (χ1) is 15.3. The number of anilines is 1. The molecule has 3 amide bonds. The predicted molar refractivity (Wildman–Crippen MR) is 117 cm³/mol. The van der Waals surface area contributed by atoms with Crippen molar-refractivity contribution in [2.24, 2.45) is 0 Å². The van der Waals surface area contributed by atoms with E-state index in [1.54, 1.807) is 24.3 Å². The molecule has 1 heterocycles. The van der Waals surface area contributed by atoms with Crippen molar-refractivity contribution in [3.05, 3.63) is 64.4 Å². The summed E-state index contributed by atoms with van der Waals surface area (Å²) in [7, 11) is 0. The maximum atomic E-state index is 13.5. The Morgan fingerprint density at radius 1 is 1.22 bits per heavy atom. The van der Waals surface area contributed by atoms with Crippen LogP contribution in [-0.2, 0) is 16.1 Å². The Hall–Kier alpha value is -2.97. The van der Waals surface area contributed by atoms with Crippen molar-refractivity contribution in [3.8, 4) is 0 Å². The van der Waals surface area contributed by atoms with Gasteiger partial charge in [-0.3, -0.25) is 14.4 Å². The number of nitrogens with zero attached hydrogens (tertiary/aromatic N) is 1. The van der Waals surface area contributed by atoms with Crippen LogP contribution >= 0.6 is 11.6 Å². The Labute approximate surface area is 189 Å². The first-order valence-electron chi connectivity index (χ1n) is 10.4. The van der Waals surface area contributed by atoms with Crippen LogP contribution in [0.4, 0.5) is 10.1 Å². The summed E-state index contributed by atoms with van der Waals surface area (Å²) in [6.45, 7) is 0.0188. The molecule has 32 heavy (non-hydrogen) atoms. The van der Waals surface area contributed by atoms with Gasteiger partial charge in [0.1, 0.15) is 5.82 Å². The Morgan fingerprint density at radius 2 is 2.00 bits per heavy atom. The van der Waals surface area contributed by atoms with Crippen LogP contribution in [-0.4, -0.2) is 41.0 Å². The molecule has 1 atom stereocenters. The van der Waals surface area contributed by atoms with Crippen molar-refractivity contribution in [2.45, 2.75) is 43.9 Å². The van der Waals surface area contributed by atoms with Crippen molar-refractivity contribution in [1.82, 2.24) is 10.6 Å². The third-order valence-electron chi connectivity index (χ3n) is 5.91. The number of rotatable bonds is 6. The number of halogens is 2. The number of carbonyl (C=O) groups is 3. The number of benzene rings is 2. The molecule has 0 spiro atoms. The first kappa shape index (κ1) is 22.2. The van der Waals surface area contributed by atoms with Gasteiger partial charge in [0.05, 0.1) is 0 Å². The van der Waals surface area contributed by atoms with E-state index in [9.17, 15) is 23.9 Å². The Morgan fingerprint density at radius 3 is 2.69 bits per heavy atom. The van der Waals surface area contributed by atoms with E-state index in [-0.39, 0.29) is 36.5 Å². The van der Waals surface area contributed by atoms with Gasteiger partial charge in [0.2, 0.25) is 5.60 Å². The summed E-state index contributed by atoms with van der Waals surface area (Å²) in [6.07, 6.45) is 2.90. The Balaban J connectivity index is 1.43. The molecule has 1 saturated carbocycles. The van der Waals surface area contributed by atoms with Gasteiger partial charge in [-0.1, -0.05) is 17.7 Å². The summed E-state index contributed by atoms with van der Waals surface area (Å²) in [5.41, 5.74) is -1.01. The number of carbonyl (C=O) groups excluding carboxylic acids is 3. The second kappa shape index (κ2) is 8.88. The number of hydrogen-bond donors (Lipinski definition) is 3. The van der Waals surface area contributed by atoms with Gasteiger partial charge in [0.15, 0.2) is 0 Å². The highest BCUT2D eigenvalue weighted by molar-refractivity contribution is 6.30. The predicted octanol–water partition coefficient (Wildman–Crippen LogP) is 2.55. The lowest BCUT2D eigenvalue weighted by molar-refractivity contribution is -0.149. The van der Waals surface area contributed by atoms with E-state index < -0.39 is 23.2 Å². The number of amides is 3. The minimum absolute atomic E-state index is 0.0945.